The Labute approximate surface area is 259 Å². The second-order valence-corrected chi connectivity index (χ2v) is 12.1. The summed E-state index contributed by atoms with van der Waals surface area (Å²) in [6, 6.07) is 6.40. The molecule has 2 aromatic rings. The van der Waals surface area contributed by atoms with Crippen molar-refractivity contribution in [3.05, 3.63) is 51.7 Å². The number of carbonyl (C=O) groups is 3. The Morgan fingerprint density at radius 1 is 1.09 bits per heavy atom. The zero-order valence-corrected chi connectivity index (χ0v) is 25.4. The minimum atomic E-state index is -1.99. The lowest BCUT2D eigenvalue weighted by Gasteiger charge is -2.39. The molecule has 1 spiro atoms. The highest BCUT2D eigenvalue weighted by molar-refractivity contribution is 6.35. The molecule has 3 N–H and O–H groups in total. The van der Waals surface area contributed by atoms with Crippen molar-refractivity contribution in [2.45, 2.75) is 69.1 Å². The predicted octanol–water partition coefficient (Wildman–Crippen LogP) is 4.41. The van der Waals surface area contributed by atoms with Gasteiger partial charge in [0.15, 0.2) is 28.8 Å². The van der Waals surface area contributed by atoms with Crippen molar-refractivity contribution in [3.8, 4) is 28.7 Å². The van der Waals surface area contributed by atoms with E-state index in [1.165, 1.54) is 20.3 Å². The number of ketones is 2. The van der Waals surface area contributed by atoms with Gasteiger partial charge >= 0.3 is 0 Å². The molecular formula is C32H34ClNO10. The van der Waals surface area contributed by atoms with Crippen LogP contribution in [-0.4, -0.2) is 66.4 Å². The van der Waals surface area contributed by atoms with E-state index in [1.54, 1.807) is 25.1 Å². The molecule has 11 nitrogen and oxygen atoms in total. The van der Waals surface area contributed by atoms with E-state index >= 15 is 0 Å². The van der Waals surface area contributed by atoms with Crippen LogP contribution in [0, 0.1) is 5.92 Å². The summed E-state index contributed by atoms with van der Waals surface area (Å²) >= 11 is 6.58. The quantitative estimate of drug-likeness (QED) is 0.403. The molecule has 1 fully saturated rings. The number of carbonyl (C=O) groups excluding carboxylic acids is 3. The molecule has 3 atom stereocenters. The van der Waals surface area contributed by atoms with Gasteiger partial charge in [0.25, 0.3) is 0 Å². The van der Waals surface area contributed by atoms with E-state index in [-0.39, 0.29) is 71.1 Å². The van der Waals surface area contributed by atoms with E-state index in [0.717, 1.165) is 0 Å². The fourth-order valence-corrected chi connectivity index (χ4v) is 7.01. The third-order valence-corrected chi connectivity index (χ3v) is 9.47. The molecule has 2 aliphatic carbocycles. The molecule has 1 unspecified atom stereocenters. The number of aliphatic hydroxyl groups excluding tert-OH is 2. The average Bonchev–Trinajstić information content (AvgIpc) is 3.60. The number of Topliss-reactive ketones (excluding diaryl/α,β-unsaturated/α-hetero) is 2. The smallest absolute Gasteiger partial charge is 0.231 e. The highest BCUT2D eigenvalue weighted by atomic mass is 35.5. The van der Waals surface area contributed by atoms with E-state index in [2.05, 4.69) is 5.32 Å². The highest BCUT2D eigenvalue weighted by Crippen LogP contribution is 2.56. The van der Waals surface area contributed by atoms with Crippen molar-refractivity contribution in [1.29, 1.82) is 0 Å². The van der Waals surface area contributed by atoms with E-state index in [4.69, 9.17) is 35.3 Å². The molecule has 2 aromatic carbocycles. The van der Waals surface area contributed by atoms with E-state index in [1.807, 2.05) is 0 Å². The van der Waals surface area contributed by atoms with Crippen LogP contribution in [0.15, 0.2) is 35.6 Å². The highest BCUT2D eigenvalue weighted by Gasteiger charge is 2.61. The van der Waals surface area contributed by atoms with Gasteiger partial charge in [0.1, 0.15) is 22.1 Å². The second-order valence-electron chi connectivity index (χ2n) is 11.7. The van der Waals surface area contributed by atoms with Crippen molar-refractivity contribution in [3.63, 3.8) is 0 Å². The average molecular weight is 628 g/mol. The molecule has 0 radical (unpaired) electrons. The number of rotatable bonds is 7. The largest absolute Gasteiger partial charge is 0.507 e. The molecular weight excluding hydrogens is 594 g/mol. The third kappa shape index (κ3) is 4.82. The maximum Gasteiger partial charge on any atom is 0.231 e. The first kappa shape index (κ1) is 30.1. The van der Waals surface area contributed by atoms with E-state index in [9.17, 15) is 24.6 Å². The molecule has 0 bridgehead atoms. The van der Waals surface area contributed by atoms with Gasteiger partial charge in [-0.25, -0.2) is 0 Å². The molecule has 0 aromatic heterocycles. The lowest BCUT2D eigenvalue weighted by Crippen LogP contribution is -2.53. The Morgan fingerprint density at radius 3 is 2.50 bits per heavy atom. The first-order valence-corrected chi connectivity index (χ1v) is 15.0. The van der Waals surface area contributed by atoms with Gasteiger partial charge in [-0.1, -0.05) is 24.6 Å². The van der Waals surface area contributed by atoms with Gasteiger partial charge in [0.05, 0.1) is 20.3 Å². The van der Waals surface area contributed by atoms with Crippen molar-refractivity contribution < 1.29 is 48.3 Å². The van der Waals surface area contributed by atoms with E-state index in [0.29, 0.717) is 42.7 Å². The van der Waals surface area contributed by atoms with Gasteiger partial charge in [-0.2, -0.15) is 0 Å². The van der Waals surface area contributed by atoms with Crippen LogP contribution >= 0.6 is 11.6 Å². The van der Waals surface area contributed by atoms with Crippen LogP contribution in [-0.2, 0) is 9.59 Å². The predicted molar refractivity (Wildman–Crippen MR) is 157 cm³/mol. The fourth-order valence-electron chi connectivity index (χ4n) is 6.75. The number of ether oxygens (including phenoxy) is 5. The van der Waals surface area contributed by atoms with E-state index < -0.39 is 34.8 Å². The monoisotopic (exact) mass is 627 g/mol. The van der Waals surface area contributed by atoms with Crippen LogP contribution in [0.2, 0.25) is 5.02 Å². The molecule has 1 saturated carbocycles. The zero-order chi connectivity index (χ0) is 31.3. The molecule has 0 saturated heterocycles. The Bertz CT molecular complexity index is 1560. The molecule has 1 amide bonds. The molecule has 6 rings (SSSR count). The van der Waals surface area contributed by atoms with Crippen molar-refractivity contribution in [2.24, 2.45) is 5.92 Å². The van der Waals surface area contributed by atoms with Crippen LogP contribution < -0.4 is 29.0 Å². The van der Waals surface area contributed by atoms with Crippen molar-refractivity contribution in [2.75, 3.05) is 21.0 Å². The summed E-state index contributed by atoms with van der Waals surface area (Å²) in [6.07, 6.45) is 1.69. The number of benzene rings is 2. The standard InChI is InChI=1S/C32H34ClNO10/c1-15-10-20(36)26(30(38)32(15)31(39)27-23(40-2)13-24(41-3)28(33)29(27)44-32)19(16-4-9-21-22(11-16)43-14-42-21)12-25(37)34-17-5-7-18(35)8-6-17/h4,9,11,13,15,17-19,35,38H,5-8,10,12,14H2,1-3H3,(H,34,37)/t15-,17?,18?,19?,32+/m1/s1. The summed E-state index contributed by atoms with van der Waals surface area (Å²) < 4.78 is 28.1. The summed E-state index contributed by atoms with van der Waals surface area (Å²) in [6.45, 7) is 1.67. The lowest BCUT2D eigenvalue weighted by atomic mass is 9.69. The third-order valence-electron chi connectivity index (χ3n) is 9.11. The number of allylic oxidation sites excluding steroid dienone is 1. The number of nitrogens with one attached hydrogen (secondary N) is 1. The SMILES string of the molecule is COc1cc(OC)c2c(c1Cl)O[C@]1(C2=O)C(O)=C(C(CC(=O)NC2CCC(O)CC2)c2ccc3c(c2)OCO3)C(=O)C[C@H]1C. The maximum atomic E-state index is 14.3. The molecule has 234 valence electrons. The number of hydrogen-bond acceptors (Lipinski definition) is 10. The van der Waals surface area contributed by atoms with Crippen LogP contribution in [0.25, 0.3) is 0 Å². The van der Waals surface area contributed by atoms with Gasteiger partial charge in [0.2, 0.25) is 24.1 Å². The first-order chi connectivity index (χ1) is 21.1. The minimum absolute atomic E-state index is 0.0168. The van der Waals surface area contributed by atoms with Crippen LogP contribution in [0.1, 0.15) is 67.3 Å². The molecule has 4 aliphatic rings. The van der Waals surface area contributed by atoms with Crippen molar-refractivity contribution >= 4 is 29.1 Å². The molecule has 2 heterocycles. The Hall–Kier alpha value is -3.96. The van der Waals surface area contributed by atoms with Crippen molar-refractivity contribution in [1.82, 2.24) is 5.32 Å². The normalized spacial score (nSPS) is 26.3. The van der Waals surface area contributed by atoms with Crippen LogP contribution in [0.3, 0.4) is 0 Å². The summed E-state index contributed by atoms with van der Waals surface area (Å²) in [7, 11) is 2.80. The Balaban J connectivity index is 1.45. The molecule has 12 heteroatoms. The number of hydrogen-bond donors (Lipinski definition) is 3. The van der Waals surface area contributed by atoms with Gasteiger partial charge < -0.3 is 39.2 Å². The number of aliphatic hydroxyl groups is 2. The topological polar surface area (TPSA) is 150 Å². The van der Waals surface area contributed by atoms with Crippen LogP contribution in [0.5, 0.6) is 28.7 Å². The number of fused-ring (bicyclic) bond motifs is 2. The van der Waals surface area contributed by atoms with Gasteiger partial charge in [-0.3, -0.25) is 14.4 Å². The fraction of sp³-hybridized carbons (Fsp3) is 0.469. The second kappa shape index (κ2) is 11.5. The summed E-state index contributed by atoms with van der Waals surface area (Å²) in [5.41, 5.74) is -1.54. The van der Waals surface area contributed by atoms with Gasteiger partial charge in [-0.05, 0) is 43.4 Å². The summed E-state index contributed by atoms with van der Waals surface area (Å²) in [5, 5.41) is 25.0. The number of methoxy groups -OCH3 is 2. The lowest BCUT2D eigenvalue weighted by molar-refractivity contribution is -0.122. The first-order valence-electron chi connectivity index (χ1n) is 14.6. The Kier molecular flexibility index (Phi) is 7.87. The molecule has 2 aliphatic heterocycles. The van der Waals surface area contributed by atoms with Gasteiger partial charge in [-0.15, -0.1) is 0 Å². The minimum Gasteiger partial charge on any atom is -0.507 e. The number of halogens is 1. The van der Waals surface area contributed by atoms with Crippen LogP contribution in [0.4, 0.5) is 0 Å². The Morgan fingerprint density at radius 2 is 1.80 bits per heavy atom. The summed E-state index contributed by atoms with van der Waals surface area (Å²) in [5.74, 6) is -2.40. The van der Waals surface area contributed by atoms with Gasteiger partial charge in [0, 0.05) is 42.4 Å². The summed E-state index contributed by atoms with van der Waals surface area (Å²) in [4.78, 5) is 41.6. The zero-order valence-electron chi connectivity index (χ0n) is 24.6. The maximum absolute atomic E-state index is 14.3. The number of amides is 1. The molecule has 44 heavy (non-hydrogen) atoms.